The monoisotopic (exact) mass is 489 g/mol. The molecule has 0 spiro atoms. The van der Waals surface area contributed by atoms with Crippen LogP contribution in [-0.4, -0.2) is 45.3 Å². The van der Waals surface area contributed by atoms with Crippen molar-refractivity contribution in [2.75, 3.05) is 13.1 Å². The SMILES string of the molecule is CCCN(CC(=O)N(Cc1cccn1C)C1CC1)C(=O)c1cc(C(F)(F)F)cc(C(F)(F)F)c1. The van der Waals surface area contributed by atoms with Crippen LogP contribution in [0.25, 0.3) is 0 Å². The van der Waals surface area contributed by atoms with Gasteiger partial charge in [0.25, 0.3) is 5.91 Å². The predicted molar refractivity (Wildman–Crippen MR) is 112 cm³/mol. The van der Waals surface area contributed by atoms with Crippen molar-refractivity contribution in [3.8, 4) is 0 Å². The number of amides is 2. The molecule has 1 aromatic carbocycles. The van der Waals surface area contributed by atoms with Crippen molar-refractivity contribution in [2.24, 2.45) is 7.05 Å². The Balaban J connectivity index is 1.87. The molecule has 0 unspecified atom stereocenters. The average Bonchev–Trinajstić information content (AvgIpc) is 3.51. The number of alkyl halides is 6. The molecule has 0 bridgehead atoms. The van der Waals surface area contributed by atoms with Crippen molar-refractivity contribution >= 4 is 11.8 Å². The van der Waals surface area contributed by atoms with E-state index in [0.29, 0.717) is 25.1 Å². The quantitative estimate of drug-likeness (QED) is 0.484. The van der Waals surface area contributed by atoms with Crippen molar-refractivity contribution < 1.29 is 35.9 Å². The summed E-state index contributed by atoms with van der Waals surface area (Å²) < 4.78 is 81.2. The molecule has 0 aliphatic heterocycles. The number of hydrogen-bond donors (Lipinski definition) is 0. The summed E-state index contributed by atoms with van der Waals surface area (Å²) in [4.78, 5) is 28.7. The van der Waals surface area contributed by atoms with Crippen molar-refractivity contribution in [1.82, 2.24) is 14.4 Å². The lowest BCUT2D eigenvalue weighted by Crippen LogP contribution is -2.44. The second kappa shape index (κ2) is 9.71. The van der Waals surface area contributed by atoms with Gasteiger partial charge in [0.2, 0.25) is 5.91 Å². The van der Waals surface area contributed by atoms with E-state index in [-0.39, 0.29) is 18.7 Å². The molecule has 1 saturated carbocycles. The zero-order chi connectivity index (χ0) is 25.3. The summed E-state index contributed by atoms with van der Waals surface area (Å²) in [6, 6.07) is 4.43. The van der Waals surface area contributed by atoms with E-state index in [2.05, 4.69) is 0 Å². The molecular weight excluding hydrogens is 464 g/mol. The number of hydrogen-bond acceptors (Lipinski definition) is 2. The molecule has 1 aliphatic carbocycles. The summed E-state index contributed by atoms with van der Waals surface area (Å²) in [5, 5.41) is 0. The third kappa shape index (κ3) is 6.12. The van der Waals surface area contributed by atoms with Crippen LogP contribution in [0.2, 0.25) is 0 Å². The third-order valence-corrected chi connectivity index (χ3v) is 5.63. The summed E-state index contributed by atoms with van der Waals surface area (Å²) in [7, 11) is 1.82. The fourth-order valence-electron chi connectivity index (χ4n) is 3.68. The van der Waals surface area contributed by atoms with Crippen LogP contribution in [0.5, 0.6) is 0 Å². The fraction of sp³-hybridized carbons (Fsp3) is 0.478. The molecule has 1 heterocycles. The highest BCUT2D eigenvalue weighted by Gasteiger charge is 2.38. The van der Waals surface area contributed by atoms with Crippen LogP contribution >= 0.6 is 0 Å². The van der Waals surface area contributed by atoms with Gasteiger partial charge in [0.15, 0.2) is 0 Å². The van der Waals surface area contributed by atoms with Gasteiger partial charge < -0.3 is 14.4 Å². The van der Waals surface area contributed by atoms with E-state index in [1.807, 2.05) is 29.9 Å². The minimum atomic E-state index is -5.07. The molecule has 5 nitrogen and oxygen atoms in total. The first-order chi connectivity index (χ1) is 15.8. The maximum absolute atomic E-state index is 13.2. The number of aryl methyl sites for hydroxylation is 1. The second-order valence-corrected chi connectivity index (χ2v) is 8.38. The van der Waals surface area contributed by atoms with Crippen LogP contribution in [0, 0.1) is 0 Å². The van der Waals surface area contributed by atoms with E-state index >= 15 is 0 Å². The normalized spacial score (nSPS) is 14.2. The molecule has 11 heteroatoms. The van der Waals surface area contributed by atoms with Gasteiger partial charge >= 0.3 is 12.4 Å². The highest BCUT2D eigenvalue weighted by molar-refractivity contribution is 5.97. The first-order valence-corrected chi connectivity index (χ1v) is 10.8. The number of rotatable bonds is 8. The van der Waals surface area contributed by atoms with Gasteiger partial charge in [0, 0.05) is 37.1 Å². The van der Waals surface area contributed by atoms with Gasteiger partial charge in [-0.15, -0.1) is 0 Å². The van der Waals surface area contributed by atoms with Crippen LogP contribution in [0.15, 0.2) is 36.5 Å². The molecular formula is C23H25F6N3O2. The Morgan fingerprint density at radius 1 is 1.03 bits per heavy atom. The number of halogens is 6. The van der Waals surface area contributed by atoms with Crippen molar-refractivity contribution in [2.45, 2.75) is 51.1 Å². The van der Waals surface area contributed by atoms with Crippen molar-refractivity contribution in [3.63, 3.8) is 0 Å². The summed E-state index contributed by atoms with van der Waals surface area (Å²) in [6.45, 7) is 1.56. The van der Waals surface area contributed by atoms with Gasteiger partial charge in [0.1, 0.15) is 6.54 Å². The van der Waals surface area contributed by atoms with Gasteiger partial charge in [0.05, 0.1) is 17.7 Å². The number of benzene rings is 1. The molecule has 0 N–H and O–H groups in total. The molecule has 2 amide bonds. The van der Waals surface area contributed by atoms with Gasteiger partial charge in [-0.3, -0.25) is 9.59 Å². The molecule has 186 valence electrons. The molecule has 34 heavy (non-hydrogen) atoms. The van der Waals surface area contributed by atoms with E-state index < -0.39 is 47.4 Å². The van der Waals surface area contributed by atoms with Crippen LogP contribution < -0.4 is 0 Å². The van der Waals surface area contributed by atoms with E-state index in [4.69, 9.17) is 0 Å². The highest BCUT2D eigenvalue weighted by Crippen LogP contribution is 2.36. The summed E-state index contributed by atoms with van der Waals surface area (Å²) in [5.41, 5.74) is -3.04. The Kier molecular flexibility index (Phi) is 7.32. The maximum atomic E-state index is 13.2. The van der Waals surface area contributed by atoms with Crippen LogP contribution in [0.1, 0.15) is 53.4 Å². The van der Waals surface area contributed by atoms with E-state index in [9.17, 15) is 35.9 Å². The zero-order valence-corrected chi connectivity index (χ0v) is 18.7. The fourth-order valence-corrected chi connectivity index (χ4v) is 3.68. The molecule has 1 fully saturated rings. The third-order valence-electron chi connectivity index (χ3n) is 5.63. The molecule has 0 saturated heterocycles. The lowest BCUT2D eigenvalue weighted by atomic mass is 10.0. The number of nitrogens with zero attached hydrogens (tertiary/aromatic N) is 3. The Morgan fingerprint density at radius 2 is 1.62 bits per heavy atom. The van der Waals surface area contributed by atoms with E-state index in [0.717, 1.165) is 23.4 Å². The summed E-state index contributed by atoms with van der Waals surface area (Å²) in [5.74, 6) is -1.46. The van der Waals surface area contributed by atoms with Gasteiger partial charge in [-0.2, -0.15) is 26.3 Å². The Bertz CT molecular complexity index is 1010. The first kappa shape index (κ1) is 25.6. The van der Waals surface area contributed by atoms with Gasteiger partial charge in [-0.05, 0) is 49.6 Å². The average molecular weight is 489 g/mol. The molecule has 3 rings (SSSR count). The Morgan fingerprint density at radius 3 is 2.06 bits per heavy atom. The van der Waals surface area contributed by atoms with Crippen LogP contribution in [0.4, 0.5) is 26.3 Å². The molecule has 1 aliphatic rings. The Hall–Kier alpha value is -2.98. The number of carbonyl (C=O) groups excluding carboxylic acids is 2. The van der Waals surface area contributed by atoms with Crippen LogP contribution in [-0.2, 0) is 30.7 Å². The first-order valence-electron chi connectivity index (χ1n) is 10.8. The van der Waals surface area contributed by atoms with Crippen molar-refractivity contribution in [3.05, 3.63) is 58.9 Å². The number of carbonyl (C=O) groups is 2. The predicted octanol–water partition coefficient (Wildman–Crippen LogP) is 5.11. The maximum Gasteiger partial charge on any atom is 0.416 e. The largest absolute Gasteiger partial charge is 0.416 e. The molecule has 1 aromatic heterocycles. The van der Waals surface area contributed by atoms with E-state index in [1.165, 1.54) is 0 Å². The number of aromatic nitrogens is 1. The topological polar surface area (TPSA) is 45.6 Å². The minimum absolute atomic E-state index is 0.00479. The van der Waals surface area contributed by atoms with Crippen molar-refractivity contribution in [1.29, 1.82) is 0 Å². The highest BCUT2D eigenvalue weighted by atomic mass is 19.4. The summed E-state index contributed by atoms with van der Waals surface area (Å²) >= 11 is 0. The second-order valence-electron chi connectivity index (χ2n) is 8.38. The molecule has 0 radical (unpaired) electrons. The minimum Gasteiger partial charge on any atom is -0.353 e. The smallest absolute Gasteiger partial charge is 0.353 e. The lowest BCUT2D eigenvalue weighted by Gasteiger charge is -2.28. The standard InChI is InChI=1S/C23H25F6N3O2/c1-3-8-31(14-20(33)32(18-6-7-18)13-19-5-4-9-30(19)2)21(34)15-10-16(22(24,25)26)12-17(11-15)23(27,28)29/h4-5,9-12,18H,3,6-8,13-14H2,1-2H3. The lowest BCUT2D eigenvalue weighted by molar-refractivity contribution is -0.143. The summed E-state index contributed by atoms with van der Waals surface area (Å²) in [6.07, 6.45) is -6.37. The molecule has 2 aromatic rings. The zero-order valence-electron chi connectivity index (χ0n) is 18.7. The van der Waals surface area contributed by atoms with Gasteiger partial charge in [-0.1, -0.05) is 6.92 Å². The Labute approximate surface area is 192 Å². The molecule has 0 atom stereocenters. The van der Waals surface area contributed by atoms with Crippen LogP contribution in [0.3, 0.4) is 0 Å². The van der Waals surface area contributed by atoms with Gasteiger partial charge in [-0.25, -0.2) is 0 Å². The van der Waals surface area contributed by atoms with E-state index in [1.54, 1.807) is 11.8 Å².